The van der Waals surface area contributed by atoms with E-state index < -0.39 is 18.0 Å². The molecule has 1 aliphatic heterocycles. The van der Waals surface area contributed by atoms with Crippen LogP contribution in [0.25, 0.3) is 0 Å². The summed E-state index contributed by atoms with van der Waals surface area (Å²) in [7, 11) is 0. The molecule has 0 saturated carbocycles. The summed E-state index contributed by atoms with van der Waals surface area (Å²) in [6.07, 6.45) is -3.08. The SMILES string of the molecule is O=C(c1ncn[nH]1)N1CCC(C(F)(F)F)CC1. The van der Waals surface area contributed by atoms with Gasteiger partial charge in [-0.3, -0.25) is 9.89 Å². The highest BCUT2D eigenvalue weighted by atomic mass is 19.4. The summed E-state index contributed by atoms with van der Waals surface area (Å²) in [5.41, 5.74) is 0. The van der Waals surface area contributed by atoms with Gasteiger partial charge < -0.3 is 4.90 Å². The van der Waals surface area contributed by atoms with Crippen LogP contribution < -0.4 is 0 Å². The highest BCUT2D eigenvalue weighted by Crippen LogP contribution is 2.34. The third-order valence-corrected chi connectivity index (χ3v) is 2.86. The minimum Gasteiger partial charge on any atom is -0.336 e. The monoisotopic (exact) mass is 248 g/mol. The molecule has 1 fully saturated rings. The van der Waals surface area contributed by atoms with Crippen LogP contribution in [0.3, 0.4) is 0 Å². The molecule has 0 unspecified atom stereocenters. The Bertz CT molecular complexity index is 381. The fraction of sp³-hybridized carbons (Fsp3) is 0.667. The first-order valence-corrected chi connectivity index (χ1v) is 5.20. The average Bonchev–Trinajstić information content (AvgIpc) is 2.80. The molecule has 8 heteroatoms. The number of carbonyl (C=O) groups excluding carboxylic acids is 1. The van der Waals surface area contributed by atoms with Gasteiger partial charge in [0, 0.05) is 13.1 Å². The van der Waals surface area contributed by atoms with E-state index in [1.807, 2.05) is 0 Å². The molecule has 1 aromatic rings. The molecule has 0 radical (unpaired) electrons. The first-order valence-electron chi connectivity index (χ1n) is 5.20. The van der Waals surface area contributed by atoms with Crippen molar-refractivity contribution in [3.63, 3.8) is 0 Å². The van der Waals surface area contributed by atoms with Crippen molar-refractivity contribution in [2.75, 3.05) is 13.1 Å². The standard InChI is InChI=1S/C9H11F3N4O/c10-9(11,12)6-1-3-16(4-2-6)8(17)7-13-5-14-15-7/h5-6H,1-4H2,(H,13,14,15). The lowest BCUT2D eigenvalue weighted by molar-refractivity contribution is -0.183. The van der Waals surface area contributed by atoms with Crippen LogP contribution in [0.15, 0.2) is 6.33 Å². The van der Waals surface area contributed by atoms with Gasteiger partial charge in [0.2, 0.25) is 5.82 Å². The topological polar surface area (TPSA) is 61.9 Å². The Morgan fingerprint density at radius 2 is 2.06 bits per heavy atom. The second-order valence-corrected chi connectivity index (χ2v) is 3.94. The number of H-pyrrole nitrogens is 1. The molecule has 1 aromatic heterocycles. The zero-order valence-electron chi connectivity index (χ0n) is 8.87. The molecule has 5 nitrogen and oxygen atoms in total. The zero-order valence-corrected chi connectivity index (χ0v) is 8.87. The van der Waals surface area contributed by atoms with Crippen LogP contribution in [0.4, 0.5) is 13.2 Å². The van der Waals surface area contributed by atoms with E-state index in [2.05, 4.69) is 15.2 Å². The maximum absolute atomic E-state index is 12.4. The van der Waals surface area contributed by atoms with E-state index >= 15 is 0 Å². The van der Waals surface area contributed by atoms with Crippen molar-refractivity contribution in [1.82, 2.24) is 20.1 Å². The van der Waals surface area contributed by atoms with E-state index in [1.165, 1.54) is 11.2 Å². The minimum atomic E-state index is -4.17. The maximum Gasteiger partial charge on any atom is 0.391 e. The number of piperidine rings is 1. The van der Waals surface area contributed by atoms with Crippen molar-refractivity contribution in [2.24, 2.45) is 5.92 Å². The average molecular weight is 248 g/mol. The summed E-state index contributed by atoms with van der Waals surface area (Å²) in [5.74, 6) is -1.64. The van der Waals surface area contributed by atoms with Crippen LogP contribution in [0, 0.1) is 5.92 Å². The number of likely N-dealkylation sites (tertiary alicyclic amines) is 1. The molecule has 94 valence electrons. The highest BCUT2D eigenvalue weighted by molar-refractivity contribution is 5.90. The van der Waals surface area contributed by atoms with Crippen LogP contribution >= 0.6 is 0 Å². The number of halogens is 3. The molecule has 0 atom stereocenters. The molecule has 2 rings (SSSR count). The molecule has 1 amide bonds. The summed E-state index contributed by atoms with van der Waals surface area (Å²) in [6.45, 7) is 0.202. The summed E-state index contributed by atoms with van der Waals surface area (Å²) in [5, 5.41) is 5.93. The lowest BCUT2D eigenvalue weighted by atomic mass is 9.96. The van der Waals surface area contributed by atoms with Crippen LogP contribution in [0.5, 0.6) is 0 Å². The van der Waals surface area contributed by atoms with Crippen molar-refractivity contribution in [3.05, 3.63) is 12.2 Å². The predicted octanol–water partition coefficient (Wildman–Crippen LogP) is 1.22. The first kappa shape index (κ1) is 11.9. The Kier molecular flexibility index (Phi) is 3.03. The van der Waals surface area contributed by atoms with Gasteiger partial charge in [-0.05, 0) is 12.8 Å². The molecular formula is C9H11F3N4O. The number of hydrogen-bond donors (Lipinski definition) is 1. The molecule has 0 spiro atoms. The smallest absolute Gasteiger partial charge is 0.336 e. The van der Waals surface area contributed by atoms with Crippen molar-refractivity contribution in [2.45, 2.75) is 19.0 Å². The van der Waals surface area contributed by atoms with Crippen molar-refractivity contribution in [1.29, 1.82) is 0 Å². The Labute approximate surface area is 95.0 Å². The van der Waals surface area contributed by atoms with E-state index in [0.717, 1.165) is 0 Å². The van der Waals surface area contributed by atoms with Gasteiger partial charge in [-0.1, -0.05) is 0 Å². The lowest BCUT2D eigenvalue weighted by Gasteiger charge is -2.32. The van der Waals surface area contributed by atoms with Crippen molar-refractivity contribution < 1.29 is 18.0 Å². The minimum absolute atomic E-state index is 0.0522. The Morgan fingerprint density at radius 3 is 2.53 bits per heavy atom. The van der Waals surface area contributed by atoms with Crippen LogP contribution in [0.2, 0.25) is 0 Å². The van der Waals surface area contributed by atoms with Gasteiger partial charge in [-0.25, -0.2) is 4.98 Å². The Hall–Kier alpha value is -1.60. The molecule has 1 N–H and O–H groups in total. The van der Waals surface area contributed by atoms with Gasteiger partial charge in [0.05, 0.1) is 5.92 Å². The van der Waals surface area contributed by atoms with Gasteiger partial charge >= 0.3 is 6.18 Å². The highest BCUT2D eigenvalue weighted by Gasteiger charge is 2.41. The maximum atomic E-state index is 12.4. The van der Waals surface area contributed by atoms with Crippen LogP contribution in [-0.2, 0) is 0 Å². The summed E-state index contributed by atoms with van der Waals surface area (Å²) in [4.78, 5) is 16.8. The lowest BCUT2D eigenvalue weighted by Crippen LogP contribution is -2.42. The second-order valence-electron chi connectivity index (χ2n) is 3.94. The van der Waals surface area contributed by atoms with Gasteiger partial charge in [-0.15, -0.1) is 0 Å². The largest absolute Gasteiger partial charge is 0.391 e. The predicted molar refractivity (Wildman–Crippen MR) is 51.1 cm³/mol. The van der Waals surface area contributed by atoms with Gasteiger partial charge in [0.1, 0.15) is 6.33 Å². The summed E-state index contributed by atoms with van der Waals surface area (Å²) < 4.78 is 37.2. The van der Waals surface area contributed by atoms with E-state index in [9.17, 15) is 18.0 Å². The van der Waals surface area contributed by atoms with E-state index in [4.69, 9.17) is 0 Å². The number of hydrogen-bond acceptors (Lipinski definition) is 3. The van der Waals surface area contributed by atoms with Crippen molar-refractivity contribution >= 4 is 5.91 Å². The van der Waals surface area contributed by atoms with E-state index in [0.29, 0.717) is 0 Å². The number of carbonyl (C=O) groups is 1. The van der Waals surface area contributed by atoms with E-state index in [-0.39, 0.29) is 31.8 Å². The zero-order chi connectivity index (χ0) is 12.5. The van der Waals surface area contributed by atoms with Gasteiger partial charge in [0.15, 0.2) is 0 Å². The van der Waals surface area contributed by atoms with Gasteiger partial charge in [-0.2, -0.15) is 18.3 Å². The number of alkyl halides is 3. The number of amides is 1. The molecule has 1 saturated heterocycles. The second kappa shape index (κ2) is 4.34. The van der Waals surface area contributed by atoms with Crippen LogP contribution in [0.1, 0.15) is 23.5 Å². The number of aromatic nitrogens is 3. The van der Waals surface area contributed by atoms with Gasteiger partial charge in [0.25, 0.3) is 5.91 Å². The number of nitrogens with zero attached hydrogens (tertiary/aromatic N) is 3. The van der Waals surface area contributed by atoms with E-state index in [1.54, 1.807) is 0 Å². The summed E-state index contributed by atoms with van der Waals surface area (Å²) >= 11 is 0. The van der Waals surface area contributed by atoms with Crippen molar-refractivity contribution in [3.8, 4) is 0 Å². The van der Waals surface area contributed by atoms with Crippen LogP contribution in [-0.4, -0.2) is 45.3 Å². The molecular weight excluding hydrogens is 237 g/mol. The quantitative estimate of drug-likeness (QED) is 0.812. The molecule has 0 aromatic carbocycles. The number of nitrogens with one attached hydrogen (secondary N) is 1. The molecule has 0 aliphatic carbocycles. The first-order chi connectivity index (χ1) is 7.98. The normalized spacial score (nSPS) is 18.4. The third kappa shape index (κ3) is 2.56. The molecule has 1 aliphatic rings. The fourth-order valence-electron chi connectivity index (χ4n) is 1.87. The summed E-state index contributed by atoms with van der Waals surface area (Å²) in [6, 6.07) is 0. The Morgan fingerprint density at radius 1 is 1.41 bits per heavy atom. The third-order valence-electron chi connectivity index (χ3n) is 2.86. The number of aromatic amines is 1. The molecule has 2 heterocycles. The fourth-order valence-corrected chi connectivity index (χ4v) is 1.87. The molecule has 17 heavy (non-hydrogen) atoms. The molecule has 0 bridgehead atoms. The Balaban J connectivity index is 1.94. The number of rotatable bonds is 1.